The van der Waals surface area contributed by atoms with Gasteiger partial charge >= 0.3 is 0 Å². The van der Waals surface area contributed by atoms with E-state index in [1.54, 1.807) is 4.90 Å². The van der Waals surface area contributed by atoms with E-state index in [1.165, 1.54) is 23.1 Å². The summed E-state index contributed by atoms with van der Waals surface area (Å²) >= 11 is 2.83. The maximum absolute atomic E-state index is 12.5. The number of fused-ring (bicyclic) bond motifs is 1. The second-order valence-corrected chi connectivity index (χ2v) is 10.2. The average molecular weight is 363 g/mol. The molecule has 2 aliphatic heterocycles. The molecule has 0 unspecified atom stereocenters. The summed E-state index contributed by atoms with van der Waals surface area (Å²) in [6, 6.07) is -0.288. The van der Waals surface area contributed by atoms with Crippen molar-refractivity contribution in [1.29, 1.82) is 0 Å². The number of carbonyl (C=O) groups is 1. The van der Waals surface area contributed by atoms with Gasteiger partial charge in [0.15, 0.2) is 14.2 Å². The van der Waals surface area contributed by atoms with Crippen LogP contribution >= 0.6 is 23.1 Å². The van der Waals surface area contributed by atoms with Gasteiger partial charge in [-0.1, -0.05) is 23.1 Å². The van der Waals surface area contributed by atoms with Crippen LogP contribution in [-0.2, 0) is 14.6 Å². The van der Waals surface area contributed by atoms with E-state index < -0.39 is 9.84 Å². The summed E-state index contributed by atoms with van der Waals surface area (Å²) in [7, 11) is -1.12. The zero-order valence-corrected chi connectivity index (χ0v) is 14.9. The number of hydrogen-bond acceptors (Lipinski definition) is 8. The monoisotopic (exact) mass is 362 g/mol. The summed E-state index contributed by atoms with van der Waals surface area (Å²) in [6.07, 6.45) is 0. The lowest BCUT2D eigenvalue weighted by molar-refractivity contribution is -0.133. The number of likely N-dealkylation sites (N-methyl/N-ethyl adjacent to an activating group) is 1. The molecule has 0 saturated carbocycles. The van der Waals surface area contributed by atoms with Crippen molar-refractivity contribution in [2.75, 3.05) is 37.4 Å². The highest BCUT2D eigenvalue weighted by Gasteiger charge is 2.46. The van der Waals surface area contributed by atoms with Crippen LogP contribution in [0.15, 0.2) is 4.34 Å². The molecule has 1 aromatic heterocycles. The molecule has 0 bridgehead atoms. The summed E-state index contributed by atoms with van der Waals surface area (Å²) in [5.41, 5.74) is 0. The lowest BCUT2D eigenvalue weighted by atomic mass is 10.1. The predicted octanol–water partition coefficient (Wildman–Crippen LogP) is -0.122. The average Bonchev–Trinajstić information content (AvgIpc) is 2.99. The highest BCUT2D eigenvalue weighted by atomic mass is 32.2. The van der Waals surface area contributed by atoms with Crippen LogP contribution in [0.2, 0.25) is 0 Å². The number of rotatable bonds is 3. The fourth-order valence-corrected chi connectivity index (χ4v) is 6.74. The van der Waals surface area contributed by atoms with E-state index in [0.29, 0.717) is 13.1 Å². The summed E-state index contributed by atoms with van der Waals surface area (Å²) in [4.78, 5) is 16.3. The Labute approximate surface area is 138 Å². The number of sulfone groups is 1. The van der Waals surface area contributed by atoms with Crippen LogP contribution in [0.5, 0.6) is 0 Å². The SMILES string of the molecule is Cc1nnc(SCC(=O)N2CCN(C)[C@@H]3CS(=O)(=O)C[C@@H]32)s1. The highest BCUT2D eigenvalue weighted by Crippen LogP contribution is 2.28. The molecule has 2 aliphatic rings. The molecule has 0 aliphatic carbocycles. The standard InChI is InChI=1S/C12H18N4O3S3/c1-8-13-14-12(21-8)20-5-11(17)16-4-3-15(2)9-6-22(18,19)7-10(9)16/h9-10H,3-7H2,1-2H3/t9-,10+/m1/s1. The molecule has 3 rings (SSSR count). The molecule has 0 N–H and O–H groups in total. The first-order valence-corrected chi connectivity index (χ1v) is 10.6. The minimum atomic E-state index is -3.05. The normalized spacial score (nSPS) is 27.8. The van der Waals surface area contributed by atoms with Gasteiger partial charge in [-0.3, -0.25) is 9.69 Å². The van der Waals surface area contributed by atoms with Gasteiger partial charge < -0.3 is 4.90 Å². The van der Waals surface area contributed by atoms with Crippen molar-refractivity contribution < 1.29 is 13.2 Å². The summed E-state index contributed by atoms with van der Waals surface area (Å²) in [6.45, 7) is 3.17. The van der Waals surface area contributed by atoms with Gasteiger partial charge in [0.1, 0.15) is 5.01 Å². The van der Waals surface area contributed by atoms with Crippen LogP contribution in [0.3, 0.4) is 0 Å². The van der Waals surface area contributed by atoms with Crippen LogP contribution in [0.4, 0.5) is 0 Å². The quantitative estimate of drug-likeness (QED) is 0.693. The van der Waals surface area contributed by atoms with E-state index in [1.807, 2.05) is 14.0 Å². The Hall–Kier alpha value is -0.710. The fraction of sp³-hybridized carbons (Fsp3) is 0.750. The molecule has 2 fully saturated rings. The molecule has 22 heavy (non-hydrogen) atoms. The second kappa shape index (κ2) is 6.06. The van der Waals surface area contributed by atoms with Crippen molar-refractivity contribution in [3.8, 4) is 0 Å². The molecule has 1 amide bonds. The Kier molecular flexibility index (Phi) is 4.45. The highest BCUT2D eigenvalue weighted by molar-refractivity contribution is 8.01. The predicted molar refractivity (Wildman–Crippen MR) is 85.9 cm³/mol. The van der Waals surface area contributed by atoms with Gasteiger partial charge in [-0.05, 0) is 14.0 Å². The van der Waals surface area contributed by atoms with Crippen molar-refractivity contribution in [2.45, 2.75) is 23.3 Å². The van der Waals surface area contributed by atoms with Gasteiger partial charge in [0, 0.05) is 19.1 Å². The zero-order valence-electron chi connectivity index (χ0n) is 12.4. The molecular formula is C12H18N4O3S3. The third-order valence-electron chi connectivity index (χ3n) is 4.10. The Morgan fingerprint density at radius 1 is 1.32 bits per heavy atom. The molecule has 1 aromatic rings. The Balaban J connectivity index is 1.67. The second-order valence-electron chi connectivity index (χ2n) is 5.66. The number of aromatic nitrogens is 2. The molecule has 3 heterocycles. The summed E-state index contributed by atoms with van der Waals surface area (Å²) < 4.78 is 24.6. The first-order valence-electron chi connectivity index (χ1n) is 6.99. The van der Waals surface area contributed by atoms with E-state index in [4.69, 9.17) is 0 Å². The smallest absolute Gasteiger partial charge is 0.233 e. The zero-order chi connectivity index (χ0) is 15.9. The molecule has 122 valence electrons. The molecule has 0 aromatic carbocycles. The van der Waals surface area contributed by atoms with Crippen LogP contribution in [0, 0.1) is 6.92 Å². The van der Waals surface area contributed by atoms with Gasteiger partial charge in [0.05, 0.1) is 23.3 Å². The number of thioether (sulfide) groups is 1. The van der Waals surface area contributed by atoms with E-state index >= 15 is 0 Å². The number of nitrogens with zero attached hydrogens (tertiary/aromatic N) is 4. The van der Waals surface area contributed by atoms with Crippen molar-refractivity contribution in [1.82, 2.24) is 20.0 Å². The number of carbonyl (C=O) groups excluding carboxylic acids is 1. The maximum Gasteiger partial charge on any atom is 0.233 e. The minimum absolute atomic E-state index is 0.0157. The molecular weight excluding hydrogens is 344 g/mol. The molecule has 7 nitrogen and oxygen atoms in total. The lowest BCUT2D eigenvalue weighted by Crippen LogP contribution is -2.59. The Morgan fingerprint density at radius 3 is 2.73 bits per heavy atom. The molecule has 0 radical (unpaired) electrons. The van der Waals surface area contributed by atoms with E-state index in [9.17, 15) is 13.2 Å². The third kappa shape index (κ3) is 3.29. The van der Waals surface area contributed by atoms with Gasteiger partial charge in [0.25, 0.3) is 0 Å². The molecule has 2 saturated heterocycles. The first-order chi connectivity index (χ1) is 10.4. The Morgan fingerprint density at radius 2 is 2.05 bits per heavy atom. The van der Waals surface area contributed by atoms with Crippen LogP contribution in [0.1, 0.15) is 5.01 Å². The van der Waals surface area contributed by atoms with Gasteiger partial charge in [0.2, 0.25) is 5.91 Å². The third-order valence-corrected chi connectivity index (χ3v) is 7.76. The summed E-state index contributed by atoms with van der Waals surface area (Å²) in [5, 5.41) is 8.79. The number of amides is 1. The van der Waals surface area contributed by atoms with Crippen molar-refractivity contribution in [2.24, 2.45) is 0 Å². The molecule has 0 spiro atoms. The largest absolute Gasteiger partial charge is 0.335 e. The number of piperazine rings is 1. The molecule has 2 atom stereocenters. The van der Waals surface area contributed by atoms with Crippen molar-refractivity contribution in [3.05, 3.63) is 5.01 Å². The van der Waals surface area contributed by atoms with Crippen LogP contribution < -0.4 is 0 Å². The van der Waals surface area contributed by atoms with Crippen LogP contribution in [0.25, 0.3) is 0 Å². The fourth-order valence-electron chi connectivity index (χ4n) is 2.98. The minimum Gasteiger partial charge on any atom is -0.335 e. The number of aryl methyl sites for hydroxylation is 1. The first kappa shape index (κ1) is 16.2. The topological polar surface area (TPSA) is 83.5 Å². The van der Waals surface area contributed by atoms with Gasteiger partial charge in [-0.2, -0.15) is 0 Å². The lowest BCUT2D eigenvalue weighted by Gasteiger charge is -2.42. The maximum atomic E-state index is 12.5. The van der Waals surface area contributed by atoms with Crippen molar-refractivity contribution in [3.63, 3.8) is 0 Å². The summed E-state index contributed by atoms with van der Waals surface area (Å²) in [5.74, 6) is 0.497. The van der Waals surface area contributed by atoms with E-state index in [0.717, 1.165) is 9.35 Å². The van der Waals surface area contributed by atoms with E-state index in [-0.39, 0.29) is 35.2 Å². The number of hydrogen-bond donors (Lipinski definition) is 0. The van der Waals surface area contributed by atoms with Crippen molar-refractivity contribution >= 4 is 38.8 Å². The van der Waals surface area contributed by atoms with Gasteiger partial charge in [-0.25, -0.2) is 8.42 Å². The molecule has 10 heteroatoms. The van der Waals surface area contributed by atoms with Gasteiger partial charge in [-0.15, -0.1) is 10.2 Å². The van der Waals surface area contributed by atoms with Crippen LogP contribution in [-0.4, -0.2) is 83.8 Å². The van der Waals surface area contributed by atoms with E-state index in [2.05, 4.69) is 15.1 Å². The Bertz CT molecular complexity index is 675.